The highest BCUT2D eigenvalue weighted by Crippen LogP contribution is 2.36. The van der Waals surface area contributed by atoms with Crippen molar-refractivity contribution >= 4 is 11.3 Å². The monoisotopic (exact) mass is 237 g/mol. The van der Waals surface area contributed by atoms with Crippen LogP contribution in [-0.4, -0.2) is 28.2 Å². The van der Waals surface area contributed by atoms with Crippen molar-refractivity contribution in [3.05, 3.63) is 22.4 Å². The van der Waals surface area contributed by atoms with Crippen molar-refractivity contribution in [2.24, 2.45) is 0 Å². The fourth-order valence-corrected chi connectivity index (χ4v) is 3.53. The van der Waals surface area contributed by atoms with Crippen molar-refractivity contribution in [2.45, 2.75) is 56.8 Å². The van der Waals surface area contributed by atoms with E-state index in [9.17, 15) is 5.11 Å². The summed E-state index contributed by atoms with van der Waals surface area (Å²) in [5, 5.41) is 12.2. The van der Waals surface area contributed by atoms with E-state index >= 15 is 0 Å². The molecule has 88 valence electrons. The number of hydrogen-bond donors (Lipinski definition) is 1. The molecule has 1 N–H and O–H groups in total. The lowest BCUT2D eigenvalue weighted by Gasteiger charge is -2.30. The smallest absolute Gasteiger partial charge is 0.0695 e. The van der Waals surface area contributed by atoms with E-state index in [0.717, 1.165) is 19.0 Å². The third-order valence-electron chi connectivity index (χ3n) is 3.80. The second kappa shape index (κ2) is 4.47. The minimum absolute atomic E-state index is 0.0828. The van der Waals surface area contributed by atoms with Crippen LogP contribution in [0.4, 0.5) is 0 Å². The first kappa shape index (κ1) is 10.8. The second-order valence-electron chi connectivity index (χ2n) is 5.05. The van der Waals surface area contributed by atoms with Crippen LogP contribution in [0.25, 0.3) is 0 Å². The van der Waals surface area contributed by atoms with E-state index in [-0.39, 0.29) is 6.10 Å². The first-order chi connectivity index (χ1) is 7.84. The molecule has 16 heavy (non-hydrogen) atoms. The Labute approximate surface area is 101 Å². The molecule has 2 atom stereocenters. The molecule has 1 heterocycles. The highest BCUT2D eigenvalue weighted by atomic mass is 32.1. The number of nitrogens with zero attached hydrogens (tertiary/aromatic N) is 1. The van der Waals surface area contributed by atoms with E-state index in [2.05, 4.69) is 22.4 Å². The van der Waals surface area contributed by atoms with Gasteiger partial charge in [0, 0.05) is 23.5 Å². The zero-order valence-corrected chi connectivity index (χ0v) is 10.3. The van der Waals surface area contributed by atoms with Gasteiger partial charge in [0.15, 0.2) is 0 Å². The fourth-order valence-electron chi connectivity index (χ4n) is 2.81. The van der Waals surface area contributed by atoms with Gasteiger partial charge in [0.1, 0.15) is 0 Å². The van der Waals surface area contributed by atoms with Gasteiger partial charge >= 0.3 is 0 Å². The molecule has 2 unspecified atom stereocenters. The molecule has 0 saturated heterocycles. The van der Waals surface area contributed by atoms with Gasteiger partial charge in [-0.25, -0.2) is 0 Å². The molecule has 0 aromatic carbocycles. The first-order valence-electron chi connectivity index (χ1n) is 6.31. The van der Waals surface area contributed by atoms with Gasteiger partial charge in [0.05, 0.1) is 6.10 Å². The molecular weight excluding hydrogens is 218 g/mol. The lowest BCUT2D eigenvalue weighted by atomic mass is 10.1. The SMILES string of the molecule is OC1CCCC1N(Cc1cccs1)C1CC1. The zero-order valence-electron chi connectivity index (χ0n) is 9.51. The molecule has 2 aliphatic rings. The van der Waals surface area contributed by atoms with E-state index in [4.69, 9.17) is 0 Å². The molecule has 2 nitrogen and oxygen atoms in total. The maximum Gasteiger partial charge on any atom is 0.0695 e. The molecule has 1 aromatic heterocycles. The van der Waals surface area contributed by atoms with Crippen LogP contribution in [0.1, 0.15) is 37.0 Å². The summed E-state index contributed by atoms with van der Waals surface area (Å²) in [6.45, 7) is 1.05. The second-order valence-corrected chi connectivity index (χ2v) is 6.08. The molecule has 2 saturated carbocycles. The Bertz CT molecular complexity index is 334. The lowest BCUT2D eigenvalue weighted by molar-refractivity contribution is 0.0612. The molecule has 3 rings (SSSR count). The van der Waals surface area contributed by atoms with Gasteiger partial charge in [0.25, 0.3) is 0 Å². The number of rotatable bonds is 4. The average molecular weight is 237 g/mol. The Morgan fingerprint density at radius 3 is 2.75 bits per heavy atom. The fraction of sp³-hybridized carbons (Fsp3) is 0.692. The van der Waals surface area contributed by atoms with Crippen LogP contribution in [0.5, 0.6) is 0 Å². The molecule has 2 fully saturated rings. The average Bonchev–Trinajstić information content (AvgIpc) is 2.82. The van der Waals surface area contributed by atoms with Crippen LogP contribution in [0.2, 0.25) is 0 Å². The number of thiophene rings is 1. The maximum absolute atomic E-state index is 10.0. The van der Waals surface area contributed by atoms with Gasteiger partial charge in [0.2, 0.25) is 0 Å². The van der Waals surface area contributed by atoms with Crippen molar-refractivity contribution in [3.8, 4) is 0 Å². The van der Waals surface area contributed by atoms with E-state index in [0.29, 0.717) is 6.04 Å². The molecule has 0 bridgehead atoms. The van der Waals surface area contributed by atoms with Gasteiger partial charge in [-0.2, -0.15) is 0 Å². The van der Waals surface area contributed by atoms with Gasteiger partial charge in [-0.3, -0.25) is 4.90 Å². The summed E-state index contributed by atoms with van der Waals surface area (Å²) < 4.78 is 0. The summed E-state index contributed by atoms with van der Waals surface area (Å²) in [5.41, 5.74) is 0. The van der Waals surface area contributed by atoms with Crippen molar-refractivity contribution < 1.29 is 5.11 Å². The predicted octanol–water partition coefficient (Wildman–Crippen LogP) is 2.63. The number of hydrogen-bond acceptors (Lipinski definition) is 3. The number of aliphatic hydroxyl groups is 1. The zero-order chi connectivity index (χ0) is 11.0. The van der Waals surface area contributed by atoms with Gasteiger partial charge in [-0.15, -0.1) is 11.3 Å². The van der Waals surface area contributed by atoms with Crippen molar-refractivity contribution in [1.82, 2.24) is 4.90 Å². The third-order valence-corrected chi connectivity index (χ3v) is 4.67. The van der Waals surface area contributed by atoms with Gasteiger partial charge in [-0.1, -0.05) is 6.07 Å². The van der Waals surface area contributed by atoms with Crippen molar-refractivity contribution in [1.29, 1.82) is 0 Å². The lowest BCUT2D eigenvalue weighted by Crippen LogP contribution is -2.41. The third kappa shape index (κ3) is 2.17. The Balaban J connectivity index is 1.71. The summed E-state index contributed by atoms with van der Waals surface area (Å²) in [4.78, 5) is 4.00. The topological polar surface area (TPSA) is 23.5 Å². The predicted molar refractivity (Wildman–Crippen MR) is 66.5 cm³/mol. The Morgan fingerprint density at radius 1 is 1.31 bits per heavy atom. The molecule has 0 amide bonds. The van der Waals surface area contributed by atoms with E-state index in [1.165, 1.54) is 30.6 Å². The molecule has 0 aliphatic heterocycles. The largest absolute Gasteiger partial charge is 0.391 e. The normalized spacial score (nSPS) is 30.1. The molecule has 0 radical (unpaired) electrons. The molecule has 1 aromatic rings. The minimum atomic E-state index is -0.0828. The maximum atomic E-state index is 10.0. The van der Waals surface area contributed by atoms with E-state index < -0.39 is 0 Å². The minimum Gasteiger partial charge on any atom is -0.391 e. The number of aliphatic hydroxyl groups excluding tert-OH is 1. The summed E-state index contributed by atoms with van der Waals surface area (Å²) >= 11 is 1.83. The molecule has 2 aliphatic carbocycles. The van der Waals surface area contributed by atoms with E-state index in [1.807, 2.05) is 11.3 Å². The quantitative estimate of drug-likeness (QED) is 0.870. The van der Waals surface area contributed by atoms with Crippen LogP contribution < -0.4 is 0 Å². The van der Waals surface area contributed by atoms with Crippen LogP contribution >= 0.6 is 11.3 Å². The highest BCUT2D eigenvalue weighted by Gasteiger charge is 2.39. The van der Waals surface area contributed by atoms with Crippen LogP contribution in [0.15, 0.2) is 17.5 Å². The summed E-state index contributed by atoms with van der Waals surface area (Å²) in [7, 11) is 0. The van der Waals surface area contributed by atoms with Crippen LogP contribution in [0.3, 0.4) is 0 Å². The van der Waals surface area contributed by atoms with Crippen LogP contribution in [0, 0.1) is 0 Å². The van der Waals surface area contributed by atoms with Gasteiger partial charge in [-0.05, 0) is 43.6 Å². The summed E-state index contributed by atoms with van der Waals surface area (Å²) in [6.07, 6.45) is 5.95. The highest BCUT2D eigenvalue weighted by molar-refractivity contribution is 7.09. The van der Waals surface area contributed by atoms with E-state index in [1.54, 1.807) is 0 Å². The standard InChI is InChI=1S/C13H19NOS/c15-13-5-1-4-12(13)14(10-6-7-10)9-11-3-2-8-16-11/h2-3,8,10,12-13,15H,1,4-7,9H2. The summed E-state index contributed by atoms with van der Waals surface area (Å²) in [6, 6.07) is 5.51. The molecule has 0 spiro atoms. The molecule has 3 heteroatoms. The first-order valence-corrected chi connectivity index (χ1v) is 7.19. The summed E-state index contributed by atoms with van der Waals surface area (Å²) in [5.74, 6) is 0. The van der Waals surface area contributed by atoms with Crippen molar-refractivity contribution in [2.75, 3.05) is 0 Å². The van der Waals surface area contributed by atoms with Crippen molar-refractivity contribution in [3.63, 3.8) is 0 Å². The van der Waals surface area contributed by atoms with Gasteiger partial charge < -0.3 is 5.11 Å². The Morgan fingerprint density at radius 2 is 2.19 bits per heavy atom. The Kier molecular flexibility index (Phi) is 3.01. The Hall–Kier alpha value is -0.380. The molecular formula is C13H19NOS. The van der Waals surface area contributed by atoms with Crippen LogP contribution in [-0.2, 0) is 6.54 Å².